The van der Waals surface area contributed by atoms with Crippen molar-refractivity contribution >= 4 is 18.9 Å². The van der Waals surface area contributed by atoms with E-state index in [1.807, 2.05) is 30.3 Å². The van der Waals surface area contributed by atoms with Crippen LogP contribution in [0.15, 0.2) is 51.5 Å². The van der Waals surface area contributed by atoms with E-state index >= 15 is 0 Å². The Labute approximate surface area is 171 Å². The molecule has 1 unspecified atom stereocenters. The van der Waals surface area contributed by atoms with Crippen molar-refractivity contribution in [3.63, 3.8) is 0 Å². The highest BCUT2D eigenvalue weighted by molar-refractivity contribution is 7.62. The van der Waals surface area contributed by atoms with Gasteiger partial charge in [-0.25, -0.2) is 0 Å². The maximum atomic E-state index is 13.2. The van der Waals surface area contributed by atoms with Gasteiger partial charge in [-0.15, -0.1) is 0 Å². The minimum Gasteiger partial charge on any atom is -0.467 e. The van der Waals surface area contributed by atoms with Crippen LogP contribution in [-0.4, -0.2) is 18.7 Å². The highest BCUT2D eigenvalue weighted by atomic mass is 31.2. The van der Waals surface area contributed by atoms with Crippen LogP contribution < -0.4 is 10.8 Å². The van der Waals surface area contributed by atoms with E-state index in [1.54, 1.807) is 19.3 Å². The molecule has 0 radical (unpaired) electrons. The van der Waals surface area contributed by atoms with Crippen LogP contribution in [-0.2, 0) is 25.6 Å². The summed E-state index contributed by atoms with van der Waals surface area (Å²) >= 11 is 0. The van der Waals surface area contributed by atoms with Crippen LogP contribution in [0.3, 0.4) is 0 Å². The van der Waals surface area contributed by atoms with E-state index < -0.39 is 7.60 Å². The first-order chi connectivity index (χ1) is 13.8. The van der Waals surface area contributed by atoms with Gasteiger partial charge >= 0.3 is 7.60 Å². The summed E-state index contributed by atoms with van der Waals surface area (Å²) in [6.07, 6.45) is 1.58. The number of benzene rings is 1. The second kappa shape index (κ2) is 8.57. The molecule has 2 aromatic heterocycles. The lowest BCUT2D eigenvalue weighted by atomic mass is 9.87. The van der Waals surface area contributed by atoms with Gasteiger partial charge in [-0.1, -0.05) is 32.9 Å². The van der Waals surface area contributed by atoms with Crippen LogP contribution in [0.4, 0.5) is 5.88 Å². The lowest BCUT2D eigenvalue weighted by molar-refractivity contribution is 0.254. The zero-order valence-corrected chi connectivity index (χ0v) is 18.3. The fourth-order valence-corrected chi connectivity index (χ4v) is 4.13. The molecule has 0 aliphatic heterocycles. The van der Waals surface area contributed by atoms with Crippen molar-refractivity contribution in [2.75, 3.05) is 19.0 Å². The van der Waals surface area contributed by atoms with E-state index in [0.717, 1.165) is 5.56 Å². The number of anilines is 1. The number of hydrogen-bond donors (Lipinski definition) is 1. The fourth-order valence-electron chi connectivity index (χ4n) is 2.80. The quantitative estimate of drug-likeness (QED) is 0.494. The van der Waals surface area contributed by atoms with Crippen molar-refractivity contribution in [1.82, 2.24) is 4.98 Å². The molecule has 0 aliphatic rings. The monoisotopic (exact) mass is 418 g/mol. The van der Waals surface area contributed by atoms with Crippen LogP contribution in [0, 0.1) is 0 Å². The van der Waals surface area contributed by atoms with E-state index in [1.165, 1.54) is 12.7 Å². The number of rotatable bonds is 8. The Morgan fingerprint density at radius 1 is 1.17 bits per heavy atom. The van der Waals surface area contributed by atoms with Gasteiger partial charge in [0.25, 0.3) is 0 Å². The summed E-state index contributed by atoms with van der Waals surface area (Å²) in [5, 5.41) is 3.08. The fraction of sp³-hybridized carbons (Fsp3) is 0.381. The van der Waals surface area contributed by atoms with Crippen LogP contribution >= 0.6 is 7.60 Å². The molecular weight excluding hydrogens is 391 g/mol. The molecule has 0 spiro atoms. The first-order valence-electron chi connectivity index (χ1n) is 9.45. The first kappa shape index (κ1) is 21.4. The molecule has 7 nitrogen and oxygen atoms in total. The number of hydrogen-bond acceptors (Lipinski definition) is 7. The second-order valence-electron chi connectivity index (χ2n) is 7.53. The predicted molar refractivity (Wildman–Crippen MR) is 113 cm³/mol. The standard InChI is InChI=1S/C21H27N2O5P/c1-6-27-29(24,25-5)20-19(22-14-17-8-7-13-26-17)28-18(23-20)15-9-11-16(12-10-15)21(2,3)4/h7-13,22H,6,14H2,1-5H3. The summed E-state index contributed by atoms with van der Waals surface area (Å²) in [7, 11) is -2.30. The maximum absolute atomic E-state index is 13.2. The SMILES string of the molecule is CCOP(=O)(OC)c1nc(-c2ccc(C(C)(C)C)cc2)oc1NCc1ccco1. The average molecular weight is 418 g/mol. The van der Waals surface area contributed by atoms with Gasteiger partial charge in [-0.05, 0) is 42.2 Å². The lowest BCUT2D eigenvalue weighted by Crippen LogP contribution is -2.15. The molecule has 1 N–H and O–H groups in total. The molecule has 1 atom stereocenters. The van der Waals surface area contributed by atoms with Crippen molar-refractivity contribution in [2.45, 2.75) is 39.7 Å². The number of oxazole rings is 1. The highest BCUT2D eigenvalue weighted by Crippen LogP contribution is 2.48. The molecule has 0 saturated carbocycles. The van der Waals surface area contributed by atoms with Gasteiger partial charge in [-0.3, -0.25) is 4.57 Å². The number of nitrogens with zero attached hydrogens (tertiary/aromatic N) is 1. The van der Waals surface area contributed by atoms with Gasteiger partial charge in [0, 0.05) is 12.7 Å². The number of aromatic nitrogens is 1. The molecule has 0 aliphatic carbocycles. The Bertz CT molecular complexity index is 972. The van der Waals surface area contributed by atoms with Gasteiger partial charge in [0.15, 0.2) is 0 Å². The normalized spacial score (nSPS) is 14.0. The molecule has 0 amide bonds. The second-order valence-corrected chi connectivity index (χ2v) is 9.57. The van der Waals surface area contributed by atoms with Gasteiger partial charge in [0.1, 0.15) is 5.76 Å². The van der Waals surface area contributed by atoms with Gasteiger partial charge in [-0.2, -0.15) is 4.98 Å². The lowest BCUT2D eigenvalue weighted by Gasteiger charge is -2.18. The molecule has 0 bridgehead atoms. The summed E-state index contributed by atoms with van der Waals surface area (Å²) < 4.78 is 35.0. The summed E-state index contributed by atoms with van der Waals surface area (Å²) in [5.41, 5.74) is 2.12. The molecule has 0 fully saturated rings. The molecule has 2 heterocycles. The Morgan fingerprint density at radius 3 is 2.45 bits per heavy atom. The van der Waals surface area contributed by atoms with Crippen LogP contribution in [0.25, 0.3) is 11.5 Å². The summed E-state index contributed by atoms with van der Waals surface area (Å²) in [4.78, 5) is 4.46. The third-order valence-corrected chi connectivity index (χ3v) is 6.31. The Morgan fingerprint density at radius 2 is 1.90 bits per heavy atom. The van der Waals surface area contributed by atoms with E-state index in [0.29, 0.717) is 18.2 Å². The minimum atomic E-state index is -3.63. The summed E-state index contributed by atoms with van der Waals surface area (Å²) in [5.74, 6) is 1.27. The molecule has 3 aromatic rings. The zero-order valence-electron chi connectivity index (χ0n) is 17.4. The Balaban J connectivity index is 1.98. The third kappa shape index (κ3) is 4.81. The van der Waals surface area contributed by atoms with E-state index in [9.17, 15) is 4.57 Å². The van der Waals surface area contributed by atoms with Crippen molar-refractivity contribution in [3.8, 4) is 11.5 Å². The molecular formula is C21H27N2O5P. The molecule has 1 aromatic carbocycles. The zero-order chi connectivity index (χ0) is 21.1. The van der Waals surface area contributed by atoms with E-state index in [2.05, 4.69) is 31.1 Å². The van der Waals surface area contributed by atoms with Crippen molar-refractivity contribution in [2.24, 2.45) is 0 Å². The highest BCUT2D eigenvalue weighted by Gasteiger charge is 2.35. The van der Waals surface area contributed by atoms with Gasteiger partial charge < -0.3 is 23.2 Å². The smallest absolute Gasteiger partial charge is 0.384 e. The van der Waals surface area contributed by atoms with Crippen LogP contribution in [0.5, 0.6) is 0 Å². The molecule has 156 valence electrons. The minimum absolute atomic E-state index is 0.0385. The molecule has 3 rings (SSSR count). The molecule has 29 heavy (non-hydrogen) atoms. The summed E-state index contributed by atoms with van der Waals surface area (Å²) in [6, 6.07) is 11.6. The average Bonchev–Trinajstić information content (AvgIpc) is 3.36. The van der Waals surface area contributed by atoms with E-state index in [-0.39, 0.29) is 23.3 Å². The predicted octanol–water partition coefficient (Wildman–Crippen LogP) is 5.35. The number of furan rings is 1. The van der Waals surface area contributed by atoms with Gasteiger partial charge in [0.2, 0.25) is 17.2 Å². The number of nitrogens with one attached hydrogen (secondary N) is 1. The first-order valence-corrected chi connectivity index (χ1v) is 11.0. The van der Waals surface area contributed by atoms with Gasteiger partial charge in [0.05, 0.1) is 19.4 Å². The van der Waals surface area contributed by atoms with Crippen molar-refractivity contribution < 1.29 is 22.4 Å². The largest absolute Gasteiger partial charge is 0.467 e. The summed E-state index contributed by atoms with van der Waals surface area (Å²) in [6.45, 7) is 8.75. The van der Waals surface area contributed by atoms with Crippen molar-refractivity contribution in [1.29, 1.82) is 0 Å². The topological polar surface area (TPSA) is 86.7 Å². The Kier molecular flexibility index (Phi) is 6.32. The third-order valence-electron chi connectivity index (χ3n) is 4.41. The Hall–Kier alpha value is -2.34. The molecule has 8 heteroatoms. The van der Waals surface area contributed by atoms with E-state index in [4.69, 9.17) is 17.9 Å². The maximum Gasteiger partial charge on any atom is 0.384 e. The molecule has 0 saturated heterocycles. The van der Waals surface area contributed by atoms with Crippen LogP contribution in [0.2, 0.25) is 0 Å². The van der Waals surface area contributed by atoms with Crippen molar-refractivity contribution in [3.05, 3.63) is 54.0 Å². The van der Waals surface area contributed by atoms with Crippen LogP contribution in [0.1, 0.15) is 39.0 Å².